The van der Waals surface area contributed by atoms with E-state index < -0.39 is 0 Å². The highest BCUT2D eigenvalue weighted by Crippen LogP contribution is 2.23. The number of hydrogen-bond donors (Lipinski definition) is 3. The lowest BCUT2D eigenvalue weighted by Gasteiger charge is -2.34. The molecule has 0 aromatic heterocycles. The lowest BCUT2D eigenvalue weighted by molar-refractivity contribution is 0.102. The van der Waals surface area contributed by atoms with E-state index in [9.17, 15) is 0 Å². The van der Waals surface area contributed by atoms with E-state index in [-0.39, 0.29) is 6.61 Å². The summed E-state index contributed by atoms with van der Waals surface area (Å²) in [5.74, 6) is 0.693. The van der Waals surface area contributed by atoms with Gasteiger partial charge < -0.3 is 21.3 Å². The van der Waals surface area contributed by atoms with Crippen LogP contribution in [0.3, 0.4) is 0 Å². The Hall–Kier alpha value is -1.50. The topological polar surface area (TPSA) is 88.0 Å². The van der Waals surface area contributed by atoms with Crippen molar-refractivity contribution in [3.63, 3.8) is 0 Å². The van der Waals surface area contributed by atoms with Crippen molar-refractivity contribution in [2.45, 2.75) is 0 Å². The molecule has 20 heavy (non-hydrogen) atoms. The van der Waals surface area contributed by atoms with Gasteiger partial charge in [0, 0.05) is 45.0 Å². The van der Waals surface area contributed by atoms with Crippen LogP contribution in [0.15, 0.2) is 18.2 Å². The summed E-state index contributed by atoms with van der Waals surface area (Å²) >= 11 is 0. The fourth-order valence-electron chi connectivity index (χ4n) is 2.36. The summed E-state index contributed by atoms with van der Waals surface area (Å²) in [7, 11) is 0. The number of ether oxygens (including phenoxy) is 1. The number of piperazine rings is 1. The number of aliphatic hydroxyl groups is 1. The first kappa shape index (κ1) is 14.9. The van der Waals surface area contributed by atoms with Crippen LogP contribution in [-0.2, 0) is 0 Å². The predicted molar refractivity (Wildman–Crippen MR) is 80.7 cm³/mol. The Kier molecular flexibility index (Phi) is 5.46. The van der Waals surface area contributed by atoms with Crippen LogP contribution in [0.1, 0.15) is 0 Å². The van der Waals surface area contributed by atoms with Crippen molar-refractivity contribution in [2.24, 2.45) is 0 Å². The molecule has 1 aromatic carbocycles. The lowest BCUT2D eigenvalue weighted by atomic mass is 10.2. The SMILES string of the molecule is Nc1ccc(OCCN2CCN(CCO)CC2)c(N)c1. The minimum Gasteiger partial charge on any atom is -0.490 e. The average Bonchev–Trinajstić information content (AvgIpc) is 2.43. The van der Waals surface area contributed by atoms with Crippen molar-refractivity contribution < 1.29 is 9.84 Å². The molecule has 0 atom stereocenters. The van der Waals surface area contributed by atoms with E-state index in [2.05, 4.69) is 9.80 Å². The maximum atomic E-state index is 8.90. The average molecular weight is 280 g/mol. The standard InChI is InChI=1S/C14H24N4O2/c15-12-1-2-14(13(16)11-12)20-10-8-18-5-3-17(4-6-18)7-9-19/h1-2,11,19H,3-10,15-16H2. The van der Waals surface area contributed by atoms with Gasteiger partial charge in [0.05, 0.1) is 12.3 Å². The van der Waals surface area contributed by atoms with Gasteiger partial charge in [0.1, 0.15) is 12.4 Å². The first-order valence-electron chi connectivity index (χ1n) is 7.02. The molecule has 0 unspecified atom stereocenters. The van der Waals surface area contributed by atoms with E-state index in [0.717, 1.165) is 39.3 Å². The van der Waals surface area contributed by atoms with Crippen LogP contribution >= 0.6 is 0 Å². The van der Waals surface area contributed by atoms with Crippen molar-refractivity contribution in [1.29, 1.82) is 0 Å². The summed E-state index contributed by atoms with van der Waals surface area (Å²) in [5, 5.41) is 8.90. The van der Waals surface area contributed by atoms with Crippen LogP contribution in [-0.4, -0.2) is 67.4 Å². The molecular weight excluding hydrogens is 256 g/mol. The van der Waals surface area contributed by atoms with Crippen LogP contribution in [0.2, 0.25) is 0 Å². The lowest BCUT2D eigenvalue weighted by Crippen LogP contribution is -2.48. The molecule has 1 fully saturated rings. The predicted octanol–water partition coefficient (Wildman–Crippen LogP) is -0.160. The molecule has 0 aliphatic carbocycles. The van der Waals surface area contributed by atoms with E-state index in [0.29, 0.717) is 23.7 Å². The second-order valence-electron chi connectivity index (χ2n) is 5.05. The van der Waals surface area contributed by atoms with Gasteiger partial charge in [-0.25, -0.2) is 0 Å². The Bertz CT molecular complexity index is 420. The molecule has 1 aliphatic heterocycles. The number of aliphatic hydroxyl groups excluding tert-OH is 1. The normalized spacial score (nSPS) is 17.2. The van der Waals surface area contributed by atoms with Crippen LogP contribution in [0.25, 0.3) is 0 Å². The molecule has 0 radical (unpaired) electrons. The molecule has 6 nitrogen and oxygen atoms in total. The molecule has 1 saturated heterocycles. The molecule has 1 heterocycles. The number of benzene rings is 1. The second kappa shape index (κ2) is 7.33. The van der Waals surface area contributed by atoms with Crippen molar-refractivity contribution in [1.82, 2.24) is 9.80 Å². The van der Waals surface area contributed by atoms with Crippen LogP contribution in [0, 0.1) is 0 Å². The fourth-order valence-corrected chi connectivity index (χ4v) is 2.36. The van der Waals surface area contributed by atoms with Gasteiger partial charge in [0.2, 0.25) is 0 Å². The zero-order valence-electron chi connectivity index (χ0n) is 11.8. The van der Waals surface area contributed by atoms with Crippen molar-refractivity contribution >= 4 is 11.4 Å². The minimum atomic E-state index is 0.236. The highest BCUT2D eigenvalue weighted by atomic mass is 16.5. The number of nitrogens with two attached hydrogens (primary N) is 2. The van der Waals surface area contributed by atoms with E-state index in [1.165, 1.54) is 0 Å². The smallest absolute Gasteiger partial charge is 0.142 e. The summed E-state index contributed by atoms with van der Waals surface area (Å²) in [5.41, 5.74) is 12.7. The van der Waals surface area contributed by atoms with Gasteiger partial charge in [-0.3, -0.25) is 9.80 Å². The largest absolute Gasteiger partial charge is 0.490 e. The van der Waals surface area contributed by atoms with E-state index in [1.54, 1.807) is 12.1 Å². The molecule has 1 aromatic rings. The Morgan fingerprint density at radius 3 is 2.30 bits per heavy atom. The van der Waals surface area contributed by atoms with Crippen molar-refractivity contribution in [2.75, 3.05) is 63.9 Å². The molecule has 1 aliphatic rings. The molecular formula is C14H24N4O2. The van der Waals surface area contributed by atoms with Crippen LogP contribution in [0.4, 0.5) is 11.4 Å². The third kappa shape index (κ3) is 4.26. The van der Waals surface area contributed by atoms with Gasteiger partial charge in [-0.1, -0.05) is 0 Å². The number of anilines is 2. The highest BCUT2D eigenvalue weighted by Gasteiger charge is 2.15. The number of nitrogens with zero attached hydrogens (tertiary/aromatic N) is 2. The van der Waals surface area contributed by atoms with Crippen molar-refractivity contribution in [3.05, 3.63) is 18.2 Å². The van der Waals surface area contributed by atoms with Gasteiger partial charge >= 0.3 is 0 Å². The van der Waals surface area contributed by atoms with E-state index >= 15 is 0 Å². The molecule has 5 N–H and O–H groups in total. The summed E-state index contributed by atoms with van der Waals surface area (Å²) in [4.78, 5) is 4.64. The molecule has 0 amide bonds. The number of nitrogen functional groups attached to an aromatic ring is 2. The van der Waals surface area contributed by atoms with E-state index in [4.69, 9.17) is 21.3 Å². The summed E-state index contributed by atoms with van der Waals surface area (Å²) in [6.45, 7) is 6.55. The molecule has 0 bridgehead atoms. The highest BCUT2D eigenvalue weighted by molar-refractivity contribution is 5.60. The number of hydrogen-bond acceptors (Lipinski definition) is 6. The zero-order valence-corrected chi connectivity index (χ0v) is 11.8. The maximum absolute atomic E-state index is 8.90. The molecule has 0 saturated carbocycles. The molecule has 2 rings (SSSR count). The van der Waals surface area contributed by atoms with Gasteiger partial charge in [-0.05, 0) is 18.2 Å². The Morgan fingerprint density at radius 2 is 1.70 bits per heavy atom. The Labute approximate surface area is 119 Å². The second-order valence-corrected chi connectivity index (χ2v) is 5.05. The summed E-state index contributed by atoms with van der Waals surface area (Å²) in [6.07, 6.45) is 0. The Balaban J connectivity index is 1.69. The molecule has 6 heteroatoms. The van der Waals surface area contributed by atoms with E-state index in [1.807, 2.05) is 6.07 Å². The first-order chi connectivity index (χ1) is 9.69. The van der Waals surface area contributed by atoms with Gasteiger partial charge in [-0.15, -0.1) is 0 Å². The van der Waals surface area contributed by atoms with Crippen LogP contribution in [0.5, 0.6) is 5.75 Å². The minimum absolute atomic E-state index is 0.236. The summed E-state index contributed by atoms with van der Waals surface area (Å²) < 4.78 is 5.69. The quantitative estimate of drug-likeness (QED) is 0.628. The van der Waals surface area contributed by atoms with Crippen LogP contribution < -0.4 is 16.2 Å². The van der Waals surface area contributed by atoms with Gasteiger partial charge in [-0.2, -0.15) is 0 Å². The van der Waals surface area contributed by atoms with Gasteiger partial charge in [0.25, 0.3) is 0 Å². The van der Waals surface area contributed by atoms with Gasteiger partial charge in [0.15, 0.2) is 0 Å². The van der Waals surface area contributed by atoms with Crippen molar-refractivity contribution in [3.8, 4) is 5.75 Å². The maximum Gasteiger partial charge on any atom is 0.142 e. The molecule has 0 spiro atoms. The number of rotatable bonds is 6. The third-order valence-corrected chi connectivity index (χ3v) is 3.58. The first-order valence-corrected chi connectivity index (χ1v) is 7.02. The fraction of sp³-hybridized carbons (Fsp3) is 0.571. The molecule has 112 valence electrons. The monoisotopic (exact) mass is 280 g/mol. The number of β-amino-alcohol motifs (C(OH)–C–C–N with tert-alkyl or cyclic N) is 1. The Morgan fingerprint density at radius 1 is 1.05 bits per heavy atom. The third-order valence-electron chi connectivity index (χ3n) is 3.58. The zero-order chi connectivity index (χ0) is 14.4. The summed E-state index contributed by atoms with van der Waals surface area (Å²) in [6, 6.07) is 5.31.